The van der Waals surface area contributed by atoms with Gasteiger partial charge in [0.05, 0.1) is 35.1 Å². The van der Waals surface area contributed by atoms with Crippen LogP contribution < -0.4 is 5.32 Å². The van der Waals surface area contributed by atoms with E-state index in [0.29, 0.717) is 28.3 Å². The fraction of sp³-hybridized carbons (Fsp3) is 0.333. The number of esters is 1. The summed E-state index contributed by atoms with van der Waals surface area (Å²) in [6.07, 6.45) is 0.880. The molecular formula is C21H25ClN4O4S. The molecule has 3 rings (SSSR count). The Morgan fingerprint density at radius 1 is 1.23 bits per heavy atom. The van der Waals surface area contributed by atoms with Crippen molar-refractivity contribution in [3.8, 4) is 0 Å². The van der Waals surface area contributed by atoms with Crippen molar-refractivity contribution < 1.29 is 17.9 Å². The van der Waals surface area contributed by atoms with Gasteiger partial charge in [-0.1, -0.05) is 18.5 Å². The third kappa shape index (κ3) is 4.68. The molecule has 0 aliphatic rings. The number of methoxy groups -OCH3 is 1. The number of aromatic nitrogens is 2. The lowest BCUT2D eigenvalue weighted by Crippen LogP contribution is -2.22. The topological polar surface area (TPSA) is 93.5 Å². The van der Waals surface area contributed by atoms with Crippen LogP contribution in [0.5, 0.6) is 0 Å². The van der Waals surface area contributed by atoms with Gasteiger partial charge < -0.3 is 14.6 Å². The molecule has 1 N–H and O–H groups in total. The largest absolute Gasteiger partial charge is 0.465 e. The number of benzene rings is 2. The Kier molecular flexibility index (Phi) is 6.88. The Labute approximate surface area is 186 Å². The number of halogens is 1. The van der Waals surface area contributed by atoms with Crippen molar-refractivity contribution >= 4 is 44.3 Å². The van der Waals surface area contributed by atoms with Gasteiger partial charge in [-0.05, 0) is 42.8 Å². The minimum absolute atomic E-state index is 0.191. The lowest BCUT2D eigenvalue weighted by atomic mass is 10.2. The third-order valence-electron chi connectivity index (χ3n) is 4.85. The molecule has 0 aliphatic carbocycles. The van der Waals surface area contributed by atoms with Crippen molar-refractivity contribution in [3.63, 3.8) is 0 Å². The van der Waals surface area contributed by atoms with E-state index in [9.17, 15) is 13.2 Å². The summed E-state index contributed by atoms with van der Waals surface area (Å²) in [5.74, 6) is 0.229. The average Bonchev–Trinajstić information content (AvgIpc) is 3.09. The number of ether oxygens (including phenoxy) is 1. The first-order valence-electron chi connectivity index (χ1n) is 9.72. The molecule has 10 heteroatoms. The van der Waals surface area contributed by atoms with Crippen molar-refractivity contribution in [3.05, 3.63) is 52.8 Å². The number of hydrogen-bond donors (Lipinski definition) is 1. The van der Waals surface area contributed by atoms with Crippen molar-refractivity contribution in [2.75, 3.05) is 26.5 Å². The first-order chi connectivity index (χ1) is 14.7. The second-order valence-corrected chi connectivity index (χ2v) is 9.74. The van der Waals surface area contributed by atoms with E-state index in [1.54, 1.807) is 36.4 Å². The van der Waals surface area contributed by atoms with Crippen molar-refractivity contribution in [2.24, 2.45) is 0 Å². The lowest BCUT2D eigenvalue weighted by Gasteiger charge is -2.13. The number of nitrogens with zero attached hydrogens (tertiary/aromatic N) is 3. The molecule has 0 atom stereocenters. The molecule has 0 amide bonds. The van der Waals surface area contributed by atoms with Crippen LogP contribution in [0.4, 0.5) is 5.69 Å². The van der Waals surface area contributed by atoms with E-state index in [2.05, 4.69) is 17.2 Å². The van der Waals surface area contributed by atoms with Crippen LogP contribution >= 0.6 is 11.6 Å². The van der Waals surface area contributed by atoms with Crippen LogP contribution in [0.3, 0.4) is 0 Å². The summed E-state index contributed by atoms with van der Waals surface area (Å²) in [5.41, 5.74) is 2.34. The molecule has 0 unspecified atom stereocenters. The monoisotopic (exact) mass is 464 g/mol. The molecule has 0 aliphatic heterocycles. The normalized spacial score (nSPS) is 11.8. The van der Waals surface area contributed by atoms with Crippen LogP contribution in [0.25, 0.3) is 11.0 Å². The Bertz CT molecular complexity index is 1220. The Hall–Kier alpha value is -2.62. The summed E-state index contributed by atoms with van der Waals surface area (Å²) in [5, 5.41) is 3.66. The summed E-state index contributed by atoms with van der Waals surface area (Å²) in [6, 6.07) is 9.90. The van der Waals surface area contributed by atoms with Crippen LogP contribution in [0.15, 0.2) is 41.3 Å². The molecule has 166 valence electrons. The van der Waals surface area contributed by atoms with E-state index in [0.717, 1.165) is 24.3 Å². The quantitative estimate of drug-likeness (QED) is 0.510. The number of imidazole rings is 1. The van der Waals surface area contributed by atoms with Crippen LogP contribution in [0.1, 0.15) is 29.5 Å². The number of sulfonamides is 1. The summed E-state index contributed by atoms with van der Waals surface area (Å²) >= 11 is 6.02. The number of hydrogen-bond acceptors (Lipinski definition) is 6. The molecule has 1 aromatic heterocycles. The maximum absolute atomic E-state index is 12.5. The highest BCUT2D eigenvalue weighted by atomic mass is 35.5. The lowest BCUT2D eigenvalue weighted by molar-refractivity contribution is 0.0601. The van der Waals surface area contributed by atoms with Crippen LogP contribution in [-0.2, 0) is 27.8 Å². The number of anilines is 1. The van der Waals surface area contributed by atoms with Crippen molar-refractivity contribution in [2.45, 2.75) is 31.3 Å². The molecule has 0 bridgehead atoms. The first-order valence-corrected chi connectivity index (χ1v) is 11.5. The predicted octanol–water partition coefficient (Wildman–Crippen LogP) is 3.75. The van der Waals surface area contributed by atoms with E-state index in [4.69, 9.17) is 16.3 Å². The number of carbonyl (C=O) groups is 1. The Balaban J connectivity index is 1.99. The summed E-state index contributed by atoms with van der Waals surface area (Å²) < 4.78 is 33.0. The smallest absolute Gasteiger partial charge is 0.340 e. The van der Waals surface area contributed by atoms with Gasteiger partial charge in [0, 0.05) is 31.4 Å². The highest BCUT2D eigenvalue weighted by molar-refractivity contribution is 7.89. The predicted molar refractivity (Wildman–Crippen MR) is 121 cm³/mol. The van der Waals surface area contributed by atoms with E-state index in [1.165, 1.54) is 25.5 Å². The van der Waals surface area contributed by atoms with E-state index < -0.39 is 16.0 Å². The third-order valence-corrected chi connectivity index (χ3v) is 6.89. The maximum atomic E-state index is 12.5. The molecule has 0 radical (unpaired) electrons. The van der Waals surface area contributed by atoms with Crippen LogP contribution in [0, 0.1) is 0 Å². The SMILES string of the molecule is CCCn1c(CNc2ccc(Cl)cc2C(=O)OC)nc2cc(S(=O)(=O)N(C)C)ccc21. The first kappa shape index (κ1) is 23.1. The minimum Gasteiger partial charge on any atom is -0.465 e. The fourth-order valence-corrected chi connectivity index (χ4v) is 4.36. The van der Waals surface area contributed by atoms with Gasteiger partial charge in [-0.25, -0.2) is 22.5 Å². The molecule has 31 heavy (non-hydrogen) atoms. The summed E-state index contributed by atoms with van der Waals surface area (Å²) in [6.45, 7) is 3.11. The van der Waals surface area contributed by atoms with Gasteiger partial charge in [-0.2, -0.15) is 0 Å². The standard InChI is InChI=1S/C21H25ClN4O4S/c1-5-10-26-19-9-7-15(31(28,29)25(2)3)12-18(19)24-20(26)13-23-17-8-6-14(22)11-16(17)21(27)30-4/h6-9,11-12,23H,5,10,13H2,1-4H3. The number of carbonyl (C=O) groups excluding carboxylic acids is 1. The highest BCUT2D eigenvalue weighted by Crippen LogP contribution is 2.25. The molecule has 2 aromatic carbocycles. The zero-order valence-electron chi connectivity index (χ0n) is 17.8. The molecule has 0 saturated heterocycles. The maximum Gasteiger partial charge on any atom is 0.340 e. The van der Waals surface area contributed by atoms with E-state index in [-0.39, 0.29) is 4.90 Å². The Morgan fingerprint density at radius 3 is 2.61 bits per heavy atom. The zero-order valence-corrected chi connectivity index (χ0v) is 19.4. The number of fused-ring (bicyclic) bond motifs is 1. The van der Waals surface area contributed by atoms with Crippen molar-refractivity contribution in [1.82, 2.24) is 13.9 Å². The minimum atomic E-state index is -3.56. The second-order valence-electron chi connectivity index (χ2n) is 7.15. The average molecular weight is 465 g/mol. The molecule has 3 aromatic rings. The Morgan fingerprint density at radius 2 is 1.97 bits per heavy atom. The molecule has 0 saturated carbocycles. The summed E-state index contributed by atoms with van der Waals surface area (Å²) in [4.78, 5) is 17.0. The number of aryl methyl sites for hydroxylation is 1. The number of rotatable bonds is 8. The van der Waals surface area contributed by atoms with Crippen molar-refractivity contribution in [1.29, 1.82) is 0 Å². The molecule has 1 heterocycles. The molecular weight excluding hydrogens is 440 g/mol. The van der Waals surface area contributed by atoms with Crippen LogP contribution in [0.2, 0.25) is 5.02 Å². The zero-order chi connectivity index (χ0) is 22.8. The van der Waals surface area contributed by atoms with Gasteiger partial charge in [0.25, 0.3) is 0 Å². The second kappa shape index (κ2) is 9.25. The van der Waals surface area contributed by atoms with Gasteiger partial charge in [-0.15, -0.1) is 0 Å². The van der Waals surface area contributed by atoms with Gasteiger partial charge in [0.2, 0.25) is 10.0 Å². The summed E-state index contributed by atoms with van der Waals surface area (Å²) in [7, 11) is 0.747. The van der Waals surface area contributed by atoms with Gasteiger partial charge in [0.1, 0.15) is 5.82 Å². The van der Waals surface area contributed by atoms with Gasteiger partial charge in [0.15, 0.2) is 0 Å². The fourth-order valence-electron chi connectivity index (χ4n) is 3.26. The molecule has 8 nitrogen and oxygen atoms in total. The highest BCUT2D eigenvalue weighted by Gasteiger charge is 2.20. The van der Waals surface area contributed by atoms with Gasteiger partial charge in [-0.3, -0.25) is 0 Å². The van der Waals surface area contributed by atoms with Gasteiger partial charge >= 0.3 is 5.97 Å². The molecule has 0 spiro atoms. The van der Waals surface area contributed by atoms with Crippen LogP contribution in [-0.4, -0.2) is 49.4 Å². The number of nitrogens with one attached hydrogen (secondary N) is 1. The molecule has 0 fully saturated rings. The van der Waals surface area contributed by atoms with E-state index >= 15 is 0 Å². The van der Waals surface area contributed by atoms with E-state index in [1.807, 2.05) is 4.57 Å².